The van der Waals surface area contributed by atoms with Gasteiger partial charge in [0.05, 0.1) is 0 Å². The maximum Gasteiger partial charge on any atom is 0.274 e. The molecule has 0 aliphatic rings. The lowest BCUT2D eigenvalue weighted by molar-refractivity contribution is 0.102. The van der Waals surface area contributed by atoms with Gasteiger partial charge in [0.25, 0.3) is 5.91 Å². The number of hydrogen-bond acceptors (Lipinski definition) is 5. The van der Waals surface area contributed by atoms with E-state index in [1.54, 1.807) is 19.1 Å². The van der Waals surface area contributed by atoms with E-state index in [4.69, 9.17) is 11.6 Å². The van der Waals surface area contributed by atoms with Crippen LogP contribution in [0.3, 0.4) is 0 Å². The van der Waals surface area contributed by atoms with Gasteiger partial charge in [-0.1, -0.05) is 17.7 Å². The fraction of sp³-hybridized carbons (Fsp3) is 0.353. The normalized spacial score (nSPS) is 10.8. The number of anilines is 2. The number of hydrogen-bond donors (Lipinski definition) is 2. The van der Waals surface area contributed by atoms with E-state index in [2.05, 4.69) is 25.5 Å². The molecular formula is C17H22ClN5O. The van der Waals surface area contributed by atoms with Crippen LogP contribution in [-0.2, 0) is 0 Å². The predicted molar refractivity (Wildman–Crippen MR) is 98.0 cm³/mol. The summed E-state index contributed by atoms with van der Waals surface area (Å²) in [6, 6.07) is 7.04. The van der Waals surface area contributed by atoms with Gasteiger partial charge < -0.3 is 15.5 Å². The molecule has 7 heteroatoms. The van der Waals surface area contributed by atoms with Crippen LogP contribution in [0.2, 0.25) is 5.02 Å². The largest absolute Gasteiger partial charge is 0.369 e. The molecule has 1 aromatic carbocycles. The van der Waals surface area contributed by atoms with E-state index in [9.17, 15) is 4.79 Å². The summed E-state index contributed by atoms with van der Waals surface area (Å²) in [6.07, 6.45) is 0. The molecular weight excluding hydrogens is 326 g/mol. The molecule has 0 bridgehead atoms. The standard InChI is InChI=1S/C17H22ClN5O/c1-11-5-6-13(9-14(11)18)22-17(24)15-10-16(21-12(2)20-15)19-7-8-23(3)4/h5-6,9-10H,7-8H2,1-4H3,(H,22,24)(H,19,20,21). The van der Waals surface area contributed by atoms with Gasteiger partial charge in [-0.2, -0.15) is 0 Å². The number of aromatic nitrogens is 2. The lowest BCUT2D eigenvalue weighted by Crippen LogP contribution is -2.22. The second-order valence-electron chi connectivity index (χ2n) is 5.83. The lowest BCUT2D eigenvalue weighted by atomic mass is 10.2. The maximum atomic E-state index is 12.4. The Morgan fingerprint density at radius 1 is 1.21 bits per heavy atom. The Labute approximate surface area is 147 Å². The molecule has 0 aliphatic heterocycles. The first-order valence-electron chi connectivity index (χ1n) is 7.67. The first-order chi connectivity index (χ1) is 11.3. The number of aryl methyl sites for hydroxylation is 2. The maximum absolute atomic E-state index is 12.4. The van der Waals surface area contributed by atoms with Crippen molar-refractivity contribution in [3.63, 3.8) is 0 Å². The van der Waals surface area contributed by atoms with Crippen LogP contribution < -0.4 is 10.6 Å². The van der Waals surface area contributed by atoms with Crippen molar-refractivity contribution in [1.82, 2.24) is 14.9 Å². The number of benzene rings is 1. The van der Waals surface area contributed by atoms with E-state index in [1.807, 2.05) is 33.2 Å². The van der Waals surface area contributed by atoms with Gasteiger partial charge in [0, 0.05) is 29.9 Å². The van der Waals surface area contributed by atoms with E-state index >= 15 is 0 Å². The first kappa shape index (κ1) is 18.2. The van der Waals surface area contributed by atoms with Crippen molar-refractivity contribution in [2.24, 2.45) is 0 Å². The van der Waals surface area contributed by atoms with Gasteiger partial charge in [0.2, 0.25) is 0 Å². The third-order valence-corrected chi connectivity index (χ3v) is 3.77. The minimum absolute atomic E-state index is 0.295. The quantitative estimate of drug-likeness (QED) is 0.840. The van der Waals surface area contributed by atoms with Crippen LogP contribution in [-0.4, -0.2) is 48.0 Å². The molecule has 2 rings (SSSR count). The SMILES string of the molecule is Cc1nc(NCCN(C)C)cc(C(=O)Nc2ccc(C)c(Cl)c2)n1. The molecule has 2 N–H and O–H groups in total. The van der Waals surface area contributed by atoms with Crippen LogP contribution in [0, 0.1) is 13.8 Å². The van der Waals surface area contributed by atoms with Crippen molar-refractivity contribution in [3.8, 4) is 0 Å². The zero-order valence-corrected chi connectivity index (χ0v) is 15.1. The number of amides is 1. The molecule has 0 aliphatic carbocycles. The molecule has 6 nitrogen and oxygen atoms in total. The fourth-order valence-corrected chi connectivity index (χ4v) is 2.23. The van der Waals surface area contributed by atoms with Gasteiger partial charge in [-0.25, -0.2) is 9.97 Å². The molecule has 0 atom stereocenters. The van der Waals surface area contributed by atoms with E-state index in [0.29, 0.717) is 28.0 Å². The number of likely N-dealkylation sites (N-methyl/N-ethyl adjacent to an activating group) is 1. The summed E-state index contributed by atoms with van der Waals surface area (Å²) in [7, 11) is 4.00. The highest BCUT2D eigenvalue weighted by atomic mass is 35.5. The topological polar surface area (TPSA) is 70.2 Å². The van der Waals surface area contributed by atoms with Crippen molar-refractivity contribution in [3.05, 3.63) is 46.4 Å². The summed E-state index contributed by atoms with van der Waals surface area (Å²) < 4.78 is 0. The van der Waals surface area contributed by atoms with Gasteiger partial charge in [0.1, 0.15) is 17.3 Å². The number of nitrogens with one attached hydrogen (secondary N) is 2. The third-order valence-electron chi connectivity index (χ3n) is 3.37. The number of halogens is 1. The molecule has 0 unspecified atom stereocenters. The van der Waals surface area contributed by atoms with Crippen LogP contribution in [0.15, 0.2) is 24.3 Å². The van der Waals surface area contributed by atoms with Crippen molar-refractivity contribution in [1.29, 1.82) is 0 Å². The third kappa shape index (κ3) is 5.18. The van der Waals surface area contributed by atoms with Crippen molar-refractivity contribution in [2.45, 2.75) is 13.8 Å². The van der Waals surface area contributed by atoms with Crippen LogP contribution >= 0.6 is 11.6 Å². The Morgan fingerprint density at radius 2 is 1.96 bits per heavy atom. The number of carbonyl (C=O) groups is 1. The van der Waals surface area contributed by atoms with Crippen LogP contribution in [0.1, 0.15) is 21.9 Å². The van der Waals surface area contributed by atoms with Crippen molar-refractivity contribution >= 4 is 29.0 Å². The molecule has 0 saturated carbocycles. The Kier molecular flexibility index (Phi) is 6.11. The van der Waals surface area contributed by atoms with Gasteiger partial charge in [-0.05, 0) is 45.6 Å². The monoisotopic (exact) mass is 347 g/mol. The molecule has 128 valence electrons. The molecule has 1 heterocycles. The highest BCUT2D eigenvalue weighted by molar-refractivity contribution is 6.31. The smallest absolute Gasteiger partial charge is 0.274 e. The molecule has 2 aromatic rings. The molecule has 1 aromatic heterocycles. The number of nitrogens with zero attached hydrogens (tertiary/aromatic N) is 3. The Balaban J connectivity index is 2.10. The molecule has 0 spiro atoms. The van der Waals surface area contributed by atoms with E-state index < -0.39 is 0 Å². The van der Waals surface area contributed by atoms with E-state index in [0.717, 1.165) is 18.7 Å². The highest BCUT2D eigenvalue weighted by Gasteiger charge is 2.11. The molecule has 1 amide bonds. The van der Waals surface area contributed by atoms with Crippen molar-refractivity contribution < 1.29 is 4.79 Å². The minimum atomic E-state index is -0.295. The Bertz CT molecular complexity index is 733. The molecule has 24 heavy (non-hydrogen) atoms. The summed E-state index contributed by atoms with van der Waals surface area (Å²) in [4.78, 5) is 23.0. The lowest BCUT2D eigenvalue weighted by Gasteiger charge is -2.12. The Hall–Kier alpha value is -2.18. The summed E-state index contributed by atoms with van der Waals surface area (Å²) >= 11 is 6.09. The average Bonchev–Trinajstić information content (AvgIpc) is 2.50. The summed E-state index contributed by atoms with van der Waals surface area (Å²) in [5.74, 6) is 0.879. The second-order valence-corrected chi connectivity index (χ2v) is 6.24. The van der Waals surface area contributed by atoms with Gasteiger partial charge in [0.15, 0.2) is 0 Å². The zero-order valence-electron chi connectivity index (χ0n) is 14.4. The predicted octanol–water partition coefficient (Wildman–Crippen LogP) is 2.97. The van der Waals surface area contributed by atoms with Gasteiger partial charge in [-0.15, -0.1) is 0 Å². The number of rotatable bonds is 6. The summed E-state index contributed by atoms with van der Waals surface area (Å²) in [5, 5.41) is 6.61. The fourth-order valence-electron chi connectivity index (χ4n) is 2.05. The van der Waals surface area contributed by atoms with Crippen LogP contribution in [0.25, 0.3) is 0 Å². The van der Waals surface area contributed by atoms with E-state index in [1.165, 1.54) is 0 Å². The molecule has 0 radical (unpaired) electrons. The Morgan fingerprint density at radius 3 is 2.62 bits per heavy atom. The molecule has 0 saturated heterocycles. The van der Waals surface area contributed by atoms with Gasteiger partial charge in [-0.3, -0.25) is 4.79 Å². The van der Waals surface area contributed by atoms with Gasteiger partial charge >= 0.3 is 0 Å². The summed E-state index contributed by atoms with van der Waals surface area (Å²) in [5.41, 5.74) is 1.90. The zero-order chi connectivity index (χ0) is 17.7. The van der Waals surface area contributed by atoms with Crippen molar-refractivity contribution in [2.75, 3.05) is 37.8 Å². The summed E-state index contributed by atoms with van der Waals surface area (Å²) in [6.45, 7) is 5.27. The molecule has 0 fully saturated rings. The van der Waals surface area contributed by atoms with E-state index in [-0.39, 0.29) is 5.91 Å². The first-order valence-corrected chi connectivity index (χ1v) is 8.05. The second kappa shape index (κ2) is 8.08. The van der Waals surface area contributed by atoms with Crippen LogP contribution in [0.4, 0.5) is 11.5 Å². The average molecular weight is 348 g/mol. The number of carbonyl (C=O) groups excluding carboxylic acids is 1. The highest BCUT2D eigenvalue weighted by Crippen LogP contribution is 2.20. The van der Waals surface area contributed by atoms with Crippen LogP contribution in [0.5, 0.6) is 0 Å². The minimum Gasteiger partial charge on any atom is -0.369 e.